The van der Waals surface area contributed by atoms with E-state index in [0.29, 0.717) is 5.75 Å². The quantitative estimate of drug-likeness (QED) is 0.705. The van der Waals surface area contributed by atoms with Gasteiger partial charge in [0.05, 0.1) is 12.3 Å². The lowest BCUT2D eigenvalue weighted by molar-refractivity contribution is -0.139. The fraction of sp³-hybridized carbons (Fsp3) is 0.556. The Morgan fingerprint density at radius 1 is 1.33 bits per heavy atom. The van der Waals surface area contributed by atoms with Gasteiger partial charge in [-0.3, -0.25) is 14.5 Å². The zero-order valence-corrected chi connectivity index (χ0v) is 15.4. The second-order valence-electron chi connectivity index (χ2n) is 6.40. The van der Waals surface area contributed by atoms with Gasteiger partial charge >= 0.3 is 5.97 Å². The van der Waals surface area contributed by atoms with Crippen molar-refractivity contribution in [3.05, 3.63) is 29.3 Å². The summed E-state index contributed by atoms with van der Waals surface area (Å²) < 4.78 is 0. The molecule has 2 rings (SSSR count). The molecule has 0 radical (unpaired) electrons. The Morgan fingerprint density at radius 3 is 2.62 bits per heavy atom. The van der Waals surface area contributed by atoms with Gasteiger partial charge < -0.3 is 10.4 Å². The molecule has 6 heteroatoms. The Bertz CT molecular complexity index is 600. The minimum Gasteiger partial charge on any atom is -0.480 e. The summed E-state index contributed by atoms with van der Waals surface area (Å²) in [6.45, 7) is 6.89. The maximum Gasteiger partial charge on any atom is 0.317 e. The van der Waals surface area contributed by atoms with Crippen LogP contribution in [0.4, 0.5) is 0 Å². The SMILES string of the molecule is CCN(CC(=O)O)C1CC(NC(=O)CSc2ccc(C)cc2C)C1. The fourth-order valence-corrected chi connectivity index (χ4v) is 3.87. The highest BCUT2D eigenvalue weighted by molar-refractivity contribution is 8.00. The number of nitrogens with zero attached hydrogens (tertiary/aromatic N) is 1. The Kier molecular flexibility index (Phi) is 6.69. The summed E-state index contributed by atoms with van der Waals surface area (Å²) in [4.78, 5) is 26.0. The number of carboxylic acids is 1. The Labute approximate surface area is 147 Å². The van der Waals surface area contributed by atoms with Crippen LogP contribution in [0.15, 0.2) is 23.1 Å². The number of hydrogen-bond acceptors (Lipinski definition) is 4. The smallest absolute Gasteiger partial charge is 0.317 e. The second kappa shape index (κ2) is 8.53. The van der Waals surface area contributed by atoms with Gasteiger partial charge in [0.1, 0.15) is 0 Å². The topological polar surface area (TPSA) is 69.6 Å². The van der Waals surface area contributed by atoms with Crippen molar-refractivity contribution in [2.24, 2.45) is 0 Å². The maximum absolute atomic E-state index is 12.1. The molecule has 1 aromatic carbocycles. The van der Waals surface area contributed by atoms with E-state index in [1.165, 1.54) is 11.1 Å². The number of carboxylic acid groups (broad SMARTS) is 1. The first-order chi connectivity index (χ1) is 11.4. The third-order valence-electron chi connectivity index (χ3n) is 4.43. The van der Waals surface area contributed by atoms with Crippen LogP contribution in [0.5, 0.6) is 0 Å². The van der Waals surface area contributed by atoms with Crippen LogP contribution in [0, 0.1) is 13.8 Å². The van der Waals surface area contributed by atoms with Crippen LogP contribution < -0.4 is 5.32 Å². The largest absolute Gasteiger partial charge is 0.480 e. The van der Waals surface area contributed by atoms with E-state index in [9.17, 15) is 9.59 Å². The van der Waals surface area contributed by atoms with Gasteiger partial charge in [0.15, 0.2) is 0 Å². The van der Waals surface area contributed by atoms with E-state index >= 15 is 0 Å². The summed E-state index contributed by atoms with van der Waals surface area (Å²) in [6, 6.07) is 6.69. The van der Waals surface area contributed by atoms with Gasteiger partial charge in [-0.1, -0.05) is 24.6 Å². The lowest BCUT2D eigenvalue weighted by Crippen LogP contribution is -2.55. The van der Waals surface area contributed by atoms with Gasteiger partial charge in [-0.15, -0.1) is 11.8 Å². The minimum absolute atomic E-state index is 0.0460. The molecule has 0 spiro atoms. The highest BCUT2D eigenvalue weighted by atomic mass is 32.2. The molecule has 0 unspecified atom stereocenters. The van der Waals surface area contributed by atoms with E-state index in [1.807, 2.05) is 11.8 Å². The summed E-state index contributed by atoms with van der Waals surface area (Å²) in [6.07, 6.45) is 1.67. The van der Waals surface area contributed by atoms with Crippen LogP contribution in [-0.2, 0) is 9.59 Å². The number of benzene rings is 1. The Balaban J connectivity index is 1.72. The van der Waals surface area contributed by atoms with Crippen molar-refractivity contribution < 1.29 is 14.7 Å². The number of aryl methyl sites for hydroxylation is 2. The molecule has 1 aromatic rings. The van der Waals surface area contributed by atoms with Gasteiger partial charge in [0.2, 0.25) is 5.91 Å². The van der Waals surface area contributed by atoms with Crippen molar-refractivity contribution in [2.75, 3.05) is 18.8 Å². The molecule has 0 saturated heterocycles. The molecule has 5 nitrogen and oxygen atoms in total. The van der Waals surface area contributed by atoms with E-state index in [2.05, 4.69) is 37.4 Å². The lowest BCUT2D eigenvalue weighted by Gasteiger charge is -2.42. The molecule has 0 bridgehead atoms. The predicted molar refractivity (Wildman–Crippen MR) is 96.5 cm³/mol. The van der Waals surface area contributed by atoms with E-state index in [-0.39, 0.29) is 24.5 Å². The molecule has 1 saturated carbocycles. The number of carbonyl (C=O) groups is 2. The monoisotopic (exact) mass is 350 g/mol. The van der Waals surface area contributed by atoms with Crippen LogP contribution in [0.25, 0.3) is 0 Å². The highest BCUT2D eigenvalue weighted by Crippen LogP contribution is 2.26. The molecule has 1 amide bonds. The number of amides is 1. The van der Waals surface area contributed by atoms with Crippen LogP contribution >= 0.6 is 11.8 Å². The molecule has 0 aromatic heterocycles. The molecule has 24 heavy (non-hydrogen) atoms. The first-order valence-electron chi connectivity index (χ1n) is 8.34. The van der Waals surface area contributed by atoms with E-state index in [4.69, 9.17) is 5.11 Å². The number of hydrogen-bond donors (Lipinski definition) is 2. The molecule has 1 aliphatic carbocycles. The molecular formula is C18H26N2O3S. The zero-order chi connectivity index (χ0) is 17.7. The van der Waals surface area contributed by atoms with Gasteiger partial charge in [0, 0.05) is 17.0 Å². The normalized spacial score (nSPS) is 19.8. The van der Waals surface area contributed by atoms with Crippen LogP contribution in [0.2, 0.25) is 0 Å². The third-order valence-corrected chi connectivity index (χ3v) is 5.60. The summed E-state index contributed by atoms with van der Waals surface area (Å²) in [5.41, 5.74) is 2.42. The molecule has 1 fully saturated rings. The molecule has 0 atom stereocenters. The predicted octanol–water partition coefficient (Wildman–Crippen LogP) is 2.45. The molecule has 132 valence electrons. The number of carbonyl (C=O) groups excluding carboxylic acids is 1. The van der Waals surface area contributed by atoms with Crippen LogP contribution in [0.3, 0.4) is 0 Å². The van der Waals surface area contributed by atoms with E-state index in [1.54, 1.807) is 11.8 Å². The van der Waals surface area contributed by atoms with Gasteiger partial charge in [-0.25, -0.2) is 0 Å². The zero-order valence-electron chi connectivity index (χ0n) is 14.5. The molecule has 0 heterocycles. The molecule has 1 aliphatic rings. The molecule has 0 aliphatic heterocycles. The summed E-state index contributed by atoms with van der Waals surface area (Å²) >= 11 is 1.56. The highest BCUT2D eigenvalue weighted by Gasteiger charge is 2.34. The van der Waals surface area contributed by atoms with Crippen molar-refractivity contribution in [2.45, 2.75) is 50.6 Å². The number of nitrogens with one attached hydrogen (secondary N) is 1. The number of aliphatic carboxylic acids is 1. The van der Waals surface area contributed by atoms with Crippen molar-refractivity contribution in [1.82, 2.24) is 10.2 Å². The lowest BCUT2D eigenvalue weighted by atomic mass is 9.85. The fourth-order valence-electron chi connectivity index (χ4n) is 3.05. The summed E-state index contributed by atoms with van der Waals surface area (Å²) in [7, 11) is 0. The Morgan fingerprint density at radius 2 is 2.04 bits per heavy atom. The van der Waals surface area contributed by atoms with Gasteiger partial charge in [-0.2, -0.15) is 0 Å². The number of thioether (sulfide) groups is 1. The van der Waals surface area contributed by atoms with Crippen LogP contribution in [0.1, 0.15) is 30.9 Å². The van der Waals surface area contributed by atoms with Crippen LogP contribution in [-0.4, -0.2) is 52.8 Å². The van der Waals surface area contributed by atoms with Crippen molar-refractivity contribution in [1.29, 1.82) is 0 Å². The standard InChI is InChI=1S/C18H26N2O3S/c1-4-20(10-18(22)23)15-8-14(9-15)19-17(21)11-24-16-6-5-12(2)7-13(16)3/h5-7,14-15H,4,8-11H2,1-3H3,(H,19,21)(H,22,23). The van der Waals surface area contributed by atoms with E-state index < -0.39 is 5.97 Å². The van der Waals surface area contributed by atoms with Gasteiger partial charge in [-0.05, 0) is 44.9 Å². The molecule has 2 N–H and O–H groups in total. The summed E-state index contributed by atoms with van der Waals surface area (Å²) in [5.74, 6) is -0.337. The second-order valence-corrected chi connectivity index (χ2v) is 7.42. The Hall–Kier alpha value is -1.53. The third kappa shape index (κ3) is 5.24. The first kappa shape index (κ1) is 18.8. The molecular weight excluding hydrogens is 324 g/mol. The van der Waals surface area contributed by atoms with E-state index in [0.717, 1.165) is 24.3 Å². The minimum atomic E-state index is -0.797. The van der Waals surface area contributed by atoms with Gasteiger partial charge in [0.25, 0.3) is 0 Å². The van der Waals surface area contributed by atoms with Crippen molar-refractivity contribution >= 4 is 23.6 Å². The van der Waals surface area contributed by atoms with Crippen molar-refractivity contribution in [3.8, 4) is 0 Å². The summed E-state index contributed by atoms with van der Waals surface area (Å²) in [5, 5.41) is 11.9. The number of likely N-dealkylation sites (N-methyl/N-ethyl adjacent to an activating group) is 1. The maximum atomic E-state index is 12.1. The first-order valence-corrected chi connectivity index (χ1v) is 9.32. The van der Waals surface area contributed by atoms with Crippen molar-refractivity contribution in [3.63, 3.8) is 0 Å². The average molecular weight is 350 g/mol. The average Bonchev–Trinajstić information content (AvgIpc) is 2.47. The number of rotatable bonds is 8.